The second-order valence-electron chi connectivity index (χ2n) is 5.26. The highest BCUT2D eigenvalue weighted by molar-refractivity contribution is 8.19. The van der Waals surface area contributed by atoms with Crippen molar-refractivity contribution >= 4 is 29.7 Å². The number of hydrogen-bond acceptors (Lipinski definition) is 3. The van der Waals surface area contributed by atoms with Crippen LogP contribution in [-0.2, 0) is 12.6 Å². The lowest BCUT2D eigenvalue weighted by atomic mass is 10.1. The summed E-state index contributed by atoms with van der Waals surface area (Å²) in [6.45, 7) is 2.18. The smallest absolute Gasteiger partial charge is 0.313 e. The number of hydrogen-bond donors (Lipinski definition) is 1. The molecule has 1 N–H and O–H groups in total. The minimum Gasteiger partial charge on any atom is -0.313 e. The molecule has 21 heavy (non-hydrogen) atoms. The minimum atomic E-state index is -4.28. The zero-order valence-electron chi connectivity index (χ0n) is 11.7. The fourth-order valence-corrected chi connectivity index (χ4v) is 6.30. The lowest BCUT2D eigenvalue weighted by Gasteiger charge is -2.38. The van der Waals surface area contributed by atoms with Gasteiger partial charge in [-0.2, -0.15) is 13.2 Å². The molecule has 0 amide bonds. The SMILES string of the molecule is CC1CCSC(CC=N)(Cc2ccc(C(F)(F)F)cc2)S1. The summed E-state index contributed by atoms with van der Waals surface area (Å²) in [5.41, 5.74) is 0.295. The minimum absolute atomic E-state index is 0.112. The lowest BCUT2D eigenvalue weighted by Crippen LogP contribution is -2.31. The van der Waals surface area contributed by atoms with Gasteiger partial charge in [0.25, 0.3) is 0 Å². The fraction of sp³-hybridized carbons (Fsp3) is 0.533. The van der Waals surface area contributed by atoms with Crippen LogP contribution in [0, 0.1) is 5.41 Å². The Morgan fingerprint density at radius 1 is 1.33 bits per heavy atom. The maximum atomic E-state index is 12.6. The molecule has 116 valence electrons. The first-order chi connectivity index (χ1) is 9.85. The van der Waals surface area contributed by atoms with Gasteiger partial charge in [0, 0.05) is 11.7 Å². The molecule has 2 rings (SSSR count). The zero-order chi connectivity index (χ0) is 15.5. The Balaban J connectivity index is 2.15. The van der Waals surface area contributed by atoms with E-state index in [4.69, 9.17) is 5.41 Å². The number of rotatable bonds is 4. The largest absolute Gasteiger partial charge is 0.416 e. The Bertz CT molecular complexity index is 487. The molecule has 6 heteroatoms. The summed E-state index contributed by atoms with van der Waals surface area (Å²) in [4.78, 5) is 0. The van der Waals surface area contributed by atoms with E-state index in [9.17, 15) is 13.2 Å². The van der Waals surface area contributed by atoms with Crippen LogP contribution in [0.15, 0.2) is 24.3 Å². The maximum absolute atomic E-state index is 12.6. The van der Waals surface area contributed by atoms with E-state index in [1.54, 1.807) is 12.1 Å². The van der Waals surface area contributed by atoms with Crippen LogP contribution in [-0.4, -0.2) is 21.3 Å². The van der Waals surface area contributed by atoms with Gasteiger partial charge in [-0.15, -0.1) is 23.5 Å². The Morgan fingerprint density at radius 3 is 2.52 bits per heavy atom. The quantitative estimate of drug-likeness (QED) is 0.762. The molecule has 1 aromatic rings. The van der Waals surface area contributed by atoms with Gasteiger partial charge < -0.3 is 5.41 Å². The van der Waals surface area contributed by atoms with Gasteiger partial charge in [0.15, 0.2) is 0 Å². The molecule has 2 unspecified atom stereocenters. The van der Waals surface area contributed by atoms with Gasteiger partial charge in [-0.3, -0.25) is 0 Å². The third kappa shape index (κ3) is 4.42. The zero-order valence-corrected chi connectivity index (χ0v) is 13.4. The van der Waals surface area contributed by atoms with Crippen molar-refractivity contribution in [3.63, 3.8) is 0 Å². The van der Waals surface area contributed by atoms with E-state index in [-0.39, 0.29) is 4.08 Å². The van der Waals surface area contributed by atoms with Crippen LogP contribution in [0.3, 0.4) is 0 Å². The molecule has 1 saturated heterocycles. The first kappa shape index (κ1) is 16.7. The standard InChI is InChI=1S/C15H18F3NS2/c1-11-6-9-20-14(21-11,7-8-19)10-12-2-4-13(5-3-12)15(16,17)18/h2-5,8,11,19H,6-7,9-10H2,1H3. The molecule has 2 atom stereocenters. The summed E-state index contributed by atoms with van der Waals surface area (Å²) in [7, 11) is 0. The molecule has 1 nitrogen and oxygen atoms in total. The van der Waals surface area contributed by atoms with Crippen LogP contribution in [0.5, 0.6) is 0 Å². The van der Waals surface area contributed by atoms with Crippen molar-refractivity contribution in [3.8, 4) is 0 Å². The van der Waals surface area contributed by atoms with Gasteiger partial charge in [0.1, 0.15) is 0 Å². The van der Waals surface area contributed by atoms with Crippen LogP contribution in [0.1, 0.15) is 30.9 Å². The summed E-state index contributed by atoms with van der Waals surface area (Å²) >= 11 is 3.69. The van der Waals surface area contributed by atoms with Gasteiger partial charge in [0.05, 0.1) is 9.64 Å². The van der Waals surface area contributed by atoms with E-state index in [1.165, 1.54) is 6.21 Å². The van der Waals surface area contributed by atoms with Crippen molar-refractivity contribution in [2.24, 2.45) is 0 Å². The maximum Gasteiger partial charge on any atom is 0.416 e. The molecule has 1 fully saturated rings. The van der Waals surface area contributed by atoms with E-state index in [0.717, 1.165) is 29.9 Å². The van der Waals surface area contributed by atoms with E-state index >= 15 is 0 Å². The molecule has 0 aromatic heterocycles. The third-order valence-corrected chi connectivity index (χ3v) is 6.77. The van der Waals surface area contributed by atoms with Crippen LogP contribution >= 0.6 is 23.5 Å². The van der Waals surface area contributed by atoms with E-state index in [1.807, 2.05) is 23.5 Å². The van der Waals surface area contributed by atoms with Crippen LogP contribution in [0.25, 0.3) is 0 Å². The number of halogens is 3. The van der Waals surface area contributed by atoms with E-state index in [2.05, 4.69) is 6.92 Å². The second-order valence-corrected chi connectivity index (χ2v) is 8.81. The molecular formula is C15H18F3NS2. The highest BCUT2D eigenvalue weighted by Crippen LogP contribution is 2.49. The normalized spacial score (nSPS) is 26.6. The number of alkyl halides is 3. The third-order valence-electron chi connectivity index (χ3n) is 3.47. The Kier molecular flexibility index (Phi) is 5.30. The highest BCUT2D eigenvalue weighted by atomic mass is 32.2. The molecule has 0 saturated carbocycles. The van der Waals surface area contributed by atoms with Crippen LogP contribution in [0.2, 0.25) is 0 Å². The summed E-state index contributed by atoms with van der Waals surface area (Å²) in [5, 5.41) is 7.94. The van der Waals surface area contributed by atoms with Crippen molar-refractivity contribution < 1.29 is 13.2 Å². The van der Waals surface area contributed by atoms with E-state index in [0.29, 0.717) is 18.1 Å². The monoisotopic (exact) mass is 333 g/mol. The van der Waals surface area contributed by atoms with Crippen molar-refractivity contribution in [3.05, 3.63) is 35.4 Å². The average Bonchev–Trinajstić information content (AvgIpc) is 2.38. The molecule has 1 aromatic carbocycles. The predicted molar refractivity (Wildman–Crippen MR) is 85.4 cm³/mol. The Hall–Kier alpha value is -0.620. The topological polar surface area (TPSA) is 23.9 Å². The molecule has 1 aliphatic heterocycles. The number of nitrogens with one attached hydrogen (secondary N) is 1. The van der Waals surface area contributed by atoms with Crippen LogP contribution < -0.4 is 0 Å². The Labute approximate surface area is 131 Å². The molecule has 1 heterocycles. The average molecular weight is 333 g/mol. The molecule has 0 bridgehead atoms. The van der Waals surface area contributed by atoms with E-state index < -0.39 is 11.7 Å². The van der Waals surface area contributed by atoms with Crippen LogP contribution in [0.4, 0.5) is 13.2 Å². The first-order valence-corrected chi connectivity index (χ1v) is 8.68. The van der Waals surface area contributed by atoms with Crippen molar-refractivity contribution in [2.45, 2.75) is 41.7 Å². The van der Waals surface area contributed by atoms with Gasteiger partial charge >= 0.3 is 6.18 Å². The first-order valence-electron chi connectivity index (χ1n) is 6.81. The Morgan fingerprint density at radius 2 is 2.00 bits per heavy atom. The summed E-state index contributed by atoms with van der Waals surface area (Å²) < 4.78 is 37.7. The number of benzene rings is 1. The van der Waals surface area contributed by atoms with Gasteiger partial charge in [-0.05, 0) is 42.5 Å². The fourth-order valence-electron chi connectivity index (χ4n) is 2.42. The second kappa shape index (κ2) is 6.65. The van der Waals surface area contributed by atoms with Gasteiger partial charge in [-0.1, -0.05) is 19.1 Å². The lowest BCUT2D eigenvalue weighted by molar-refractivity contribution is -0.137. The molecular weight excluding hydrogens is 315 g/mol. The van der Waals surface area contributed by atoms with Gasteiger partial charge in [0.2, 0.25) is 0 Å². The molecule has 0 spiro atoms. The molecule has 1 aliphatic rings. The predicted octanol–water partition coefficient (Wildman–Crippen LogP) is 5.24. The summed E-state index contributed by atoms with van der Waals surface area (Å²) in [6, 6.07) is 5.42. The number of thioether (sulfide) groups is 2. The van der Waals surface area contributed by atoms with Gasteiger partial charge in [-0.25, -0.2) is 0 Å². The van der Waals surface area contributed by atoms with Crippen molar-refractivity contribution in [1.29, 1.82) is 5.41 Å². The van der Waals surface area contributed by atoms with Crippen molar-refractivity contribution in [1.82, 2.24) is 0 Å². The molecule has 0 aliphatic carbocycles. The highest BCUT2D eigenvalue weighted by Gasteiger charge is 2.36. The van der Waals surface area contributed by atoms with Crippen molar-refractivity contribution in [2.75, 3.05) is 5.75 Å². The summed E-state index contributed by atoms with van der Waals surface area (Å²) in [5.74, 6) is 1.04. The molecule has 0 radical (unpaired) electrons. The summed E-state index contributed by atoms with van der Waals surface area (Å²) in [6.07, 6.45) is -0.383.